The summed E-state index contributed by atoms with van der Waals surface area (Å²) in [6, 6.07) is 6.42. The van der Waals surface area contributed by atoms with Crippen LogP contribution in [0.15, 0.2) is 18.2 Å². The Bertz CT molecular complexity index is 649. The molecule has 1 nitrogen and oxygen atoms in total. The fourth-order valence-corrected chi connectivity index (χ4v) is 5.57. The van der Waals surface area contributed by atoms with E-state index in [4.69, 9.17) is 12.2 Å². The van der Waals surface area contributed by atoms with Gasteiger partial charge in [-0.2, -0.15) is 0 Å². The van der Waals surface area contributed by atoms with Gasteiger partial charge in [0.05, 0.1) is 10.4 Å². The van der Waals surface area contributed by atoms with E-state index in [1.165, 1.54) is 27.3 Å². The van der Waals surface area contributed by atoms with Crippen molar-refractivity contribution < 1.29 is 0 Å². The fraction of sp³-hybridized carbons (Fsp3) is 0.308. The van der Waals surface area contributed by atoms with Crippen molar-refractivity contribution >= 4 is 38.6 Å². The highest BCUT2D eigenvalue weighted by Crippen LogP contribution is 2.49. The minimum atomic E-state index is -0.0212. The Balaban J connectivity index is 2.42. The normalized spacial score (nSPS) is 15.9. The summed E-state index contributed by atoms with van der Waals surface area (Å²) < 4.78 is 1.02. The molecule has 0 saturated carbocycles. The summed E-state index contributed by atoms with van der Waals surface area (Å²) in [7, 11) is 3.51. The predicted molar refractivity (Wildman–Crippen MR) is 79.9 cm³/mol. The highest BCUT2D eigenvalue weighted by molar-refractivity contribution is 7.80. The van der Waals surface area contributed by atoms with Gasteiger partial charge in [-0.25, -0.2) is 0 Å². The van der Waals surface area contributed by atoms with E-state index in [2.05, 4.69) is 44.3 Å². The summed E-state index contributed by atoms with van der Waals surface area (Å²) in [6.07, 6.45) is 0. The van der Waals surface area contributed by atoms with Crippen LogP contribution in [0.3, 0.4) is 0 Å². The van der Waals surface area contributed by atoms with E-state index in [1.807, 2.05) is 0 Å². The third-order valence-corrected chi connectivity index (χ3v) is 6.52. The monoisotopic (exact) mass is 279 g/mol. The molecule has 88 valence electrons. The predicted octanol–water partition coefficient (Wildman–Crippen LogP) is 5.18. The SMILES string of the molecule is Cc1cccc2c1NC(C)(C)c1ssc(=S)c1-2. The van der Waals surface area contributed by atoms with Crippen LogP contribution < -0.4 is 5.32 Å². The second-order valence-corrected chi connectivity index (χ2v) is 7.72. The molecular formula is C13H13NS3. The maximum absolute atomic E-state index is 5.50. The van der Waals surface area contributed by atoms with Gasteiger partial charge in [0.25, 0.3) is 0 Å². The standard InChI is InChI=1S/C13H13NS3/c1-7-5-4-6-8-9-11(16-17-12(9)15)13(2,3)14-10(7)8/h4-6,14H,1-3H3. The van der Waals surface area contributed by atoms with Gasteiger partial charge in [-0.3, -0.25) is 0 Å². The molecule has 1 aromatic carbocycles. The van der Waals surface area contributed by atoms with Crippen LogP contribution in [0.4, 0.5) is 5.69 Å². The van der Waals surface area contributed by atoms with Crippen molar-refractivity contribution in [3.05, 3.63) is 32.5 Å². The van der Waals surface area contributed by atoms with Gasteiger partial charge in [0.2, 0.25) is 0 Å². The van der Waals surface area contributed by atoms with Crippen LogP contribution in [0.25, 0.3) is 11.1 Å². The van der Waals surface area contributed by atoms with Gasteiger partial charge in [0.15, 0.2) is 0 Å². The van der Waals surface area contributed by atoms with Crippen molar-refractivity contribution in [1.29, 1.82) is 0 Å². The summed E-state index contributed by atoms with van der Waals surface area (Å²) in [6.45, 7) is 6.59. The van der Waals surface area contributed by atoms with E-state index in [1.54, 1.807) is 20.7 Å². The average molecular weight is 279 g/mol. The molecule has 1 aromatic heterocycles. The maximum Gasteiger partial charge on any atom is 0.110 e. The van der Waals surface area contributed by atoms with E-state index in [0.717, 1.165) is 3.82 Å². The topological polar surface area (TPSA) is 12.0 Å². The Morgan fingerprint density at radius 1 is 1.24 bits per heavy atom. The molecule has 0 bridgehead atoms. The molecule has 0 unspecified atom stereocenters. The number of benzene rings is 1. The van der Waals surface area contributed by atoms with Crippen LogP contribution in [0.5, 0.6) is 0 Å². The Hall–Kier alpha value is -0.710. The van der Waals surface area contributed by atoms with Gasteiger partial charge >= 0.3 is 0 Å². The van der Waals surface area contributed by atoms with Gasteiger partial charge in [-0.15, -0.1) is 0 Å². The highest BCUT2D eigenvalue weighted by atomic mass is 32.9. The molecule has 0 spiro atoms. The maximum atomic E-state index is 5.50. The van der Waals surface area contributed by atoms with Crippen LogP contribution in [-0.2, 0) is 5.54 Å². The molecule has 0 fully saturated rings. The van der Waals surface area contributed by atoms with Crippen molar-refractivity contribution in [2.45, 2.75) is 26.3 Å². The second-order valence-electron chi connectivity index (χ2n) is 4.91. The first-order valence-electron chi connectivity index (χ1n) is 5.52. The number of rotatable bonds is 0. The number of hydrogen-bond acceptors (Lipinski definition) is 4. The van der Waals surface area contributed by atoms with E-state index < -0.39 is 0 Å². The van der Waals surface area contributed by atoms with E-state index >= 15 is 0 Å². The molecule has 1 N–H and O–H groups in total. The van der Waals surface area contributed by atoms with Crippen molar-refractivity contribution in [2.75, 3.05) is 5.32 Å². The average Bonchev–Trinajstić information content (AvgIpc) is 2.64. The molecule has 0 atom stereocenters. The molecular weight excluding hydrogens is 266 g/mol. The van der Waals surface area contributed by atoms with Crippen LogP contribution >= 0.6 is 32.9 Å². The van der Waals surface area contributed by atoms with Gasteiger partial charge in [0.1, 0.15) is 3.82 Å². The number of para-hydroxylation sites is 1. The van der Waals surface area contributed by atoms with E-state index in [0.29, 0.717) is 0 Å². The zero-order valence-corrected chi connectivity index (χ0v) is 12.4. The largest absolute Gasteiger partial charge is 0.374 e. The summed E-state index contributed by atoms with van der Waals surface area (Å²) in [4.78, 5) is 1.37. The molecule has 17 heavy (non-hydrogen) atoms. The molecule has 1 aliphatic heterocycles. The lowest BCUT2D eigenvalue weighted by molar-refractivity contribution is 0.619. The lowest BCUT2D eigenvalue weighted by Crippen LogP contribution is -2.31. The van der Waals surface area contributed by atoms with Gasteiger partial charge in [-0.1, -0.05) is 51.1 Å². The molecule has 0 amide bonds. The Morgan fingerprint density at radius 3 is 2.76 bits per heavy atom. The molecule has 2 heterocycles. The molecule has 3 rings (SSSR count). The number of aryl methyl sites for hydroxylation is 1. The summed E-state index contributed by atoms with van der Waals surface area (Å²) in [5, 5.41) is 3.64. The van der Waals surface area contributed by atoms with Crippen molar-refractivity contribution in [1.82, 2.24) is 0 Å². The third-order valence-electron chi connectivity index (χ3n) is 3.18. The first-order chi connectivity index (χ1) is 8.00. The second kappa shape index (κ2) is 3.64. The molecule has 0 saturated heterocycles. The quantitative estimate of drug-likeness (QED) is 0.527. The Labute approximate surface area is 114 Å². The molecule has 0 radical (unpaired) electrons. The van der Waals surface area contributed by atoms with Crippen molar-refractivity contribution in [2.24, 2.45) is 0 Å². The van der Waals surface area contributed by atoms with Crippen LogP contribution in [0.1, 0.15) is 24.3 Å². The van der Waals surface area contributed by atoms with Crippen LogP contribution in [0, 0.1) is 10.7 Å². The van der Waals surface area contributed by atoms with Crippen LogP contribution in [0.2, 0.25) is 0 Å². The van der Waals surface area contributed by atoms with E-state index in [9.17, 15) is 0 Å². The van der Waals surface area contributed by atoms with Crippen LogP contribution in [-0.4, -0.2) is 0 Å². The van der Waals surface area contributed by atoms with Gasteiger partial charge in [-0.05, 0) is 26.3 Å². The first-order valence-corrected chi connectivity index (χ1v) is 8.08. The summed E-state index contributed by atoms with van der Waals surface area (Å²) >= 11 is 5.50. The zero-order valence-electron chi connectivity index (χ0n) is 9.96. The first kappa shape index (κ1) is 11.4. The number of nitrogens with one attached hydrogen (secondary N) is 1. The molecule has 0 aliphatic carbocycles. The molecule has 1 aliphatic rings. The number of anilines is 1. The van der Waals surface area contributed by atoms with E-state index in [-0.39, 0.29) is 5.54 Å². The molecule has 2 aromatic rings. The minimum Gasteiger partial charge on any atom is -0.374 e. The van der Waals surface area contributed by atoms with Crippen molar-refractivity contribution in [3.8, 4) is 11.1 Å². The lowest BCUT2D eigenvalue weighted by atomic mass is 9.89. The third kappa shape index (κ3) is 1.58. The summed E-state index contributed by atoms with van der Waals surface area (Å²) in [5.41, 5.74) is 5.04. The minimum absolute atomic E-state index is 0.0212. The van der Waals surface area contributed by atoms with Gasteiger partial charge < -0.3 is 5.32 Å². The Morgan fingerprint density at radius 2 is 2.00 bits per heavy atom. The zero-order chi connectivity index (χ0) is 12.2. The summed E-state index contributed by atoms with van der Waals surface area (Å²) in [5.74, 6) is 0. The molecule has 4 heteroatoms. The van der Waals surface area contributed by atoms with Crippen molar-refractivity contribution in [3.63, 3.8) is 0 Å². The smallest absolute Gasteiger partial charge is 0.110 e. The fourth-order valence-electron chi connectivity index (χ4n) is 2.32. The van der Waals surface area contributed by atoms with Gasteiger partial charge in [0, 0.05) is 16.8 Å². The Kier molecular flexibility index (Phi) is 2.44. The number of hydrogen-bond donors (Lipinski definition) is 1. The number of fused-ring (bicyclic) bond motifs is 3. The lowest BCUT2D eigenvalue weighted by Gasteiger charge is -2.34. The highest BCUT2D eigenvalue weighted by Gasteiger charge is 2.33.